The van der Waals surface area contributed by atoms with Crippen LogP contribution < -0.4 is 5.32 Å². The summed E-state index contributed by atoms with van der Waals surface area (Å²) >= 11 is 0. The van der Waals surface area contributed by atoms with E-state index in [4.69, 9.17) is 0 Å². The first-order valence-corrected chi connectivity index (χ1v) is 9.99. The maximum Gasteiger partial charge on any atom is 0.243 e. The lowest BCUT2D eigenvalue weighted by Gasteiger charge is -2.31. The Labute approximate surface area is 152 Å². The summed E-state index contributed by atoms with van der Waals surface area (Å²) in [4.78, 5) is 12.7. The molecule has 5 nitrogen and oxygen atoms in total. The largest absolute Gasteiger partial charge is 0.352 e. The summed E-state index contributed by atoms with van der Waals surface area (Å²) in [5, 5.41) is 2.72. The maximum atomic E-state index is 13.6. The zero-order valence-electron chi connectivity index (χ0n) is 14.3. The van der Waals surface area contributed by atoms with Crippen molar-refractivity contribution in [2.45, 2.75) is 24.3 Å². The first-order valence-electron chi connectivity index (χ1n) is 8.55. The molecule has 1 heterocycles. The molecule has 1 fully saturated rings. The van der Waals surface area contributed by atoms with Crippen LogP contribution in [-0.2, 0) is 21.4 Å². The summed E-state index contributed by atoms with van der Waals surface area (Å²) in [5.41, 5.74) is 0.408. The molecule has 0 aromatic heterocycles. The van der Waals surface area contributed by atoms with Gasteiger partial charge in [-0.05, 0) is 31.0 Å². The summed E-state index contributed by atoms with van der Waals surface area (Å²) in [6.07, 6.45) is 1.23. The second-order valence-electron chi connectivity index (χ2n) is 6.32. The van der Waals surface area contributed by atoms with Gasteiger partial charge in [0.15, 0.2) is 0 Å². The number of nitrogens with zero attached hydrogens (tertiary/aromatic N) is 1. The van der Waals surface area contributed by atoms with Gasteiger partial charge in [0.25, 0.3) is 0 Å². The molecule has 0 spiro atoms. The van der Waals surface area contributed by atoms with Gasteiger partial charge in [0, 0.05) is 25.2 Å². The fourth-order valence-corrected chi connectivity index (χ4v) is 4.63. The van der Waals surface area contributed by atoms with E-state index in [0.29, 0.717) is 24.9 Å². The van der Waals surface area contributed by atoms with Crippen LogP contribution in [0.1, 0.15) is 18.4 Å². The SMILES string of the molecule is O=C(NCc1ccccc1F)C1CCCN(S(=O)(=O)c2ccccc2)C1. The number of carbonyl (C=O) groups is 1. The zero-order valence-corrected chi connectivity index (χ0v) is 15.1. The molecule has 3 rings (SSSR count). The minimum atomic E-state index is -3.61. The van der Waals surface area contributed by atoms with Gasteiger partial charge in [0.05, 0.1) is 10.8 Å². The van der Waals surface area contributed by atoms with Gasteiger partial charge in [0.1, 0.15) is 5.82 Å². The number of rotatable bonds is 5. The number of hydrogen-bond donors (Lipinski definition) is 1. The van der Waals surface area contributed by atoms with Gasteiger partial charge < -0.3 is 5.32 Å². The van der Waals surface area contributed by atoms with Gasteiger partial charge in [-0.1, -0.05) is 36.4 Å². The van der Waals surface area contributed by atoms with Crippen molar-refractivity contribution >= 4 is 15.9 Å². The number of sulfonamides is 1. The van der Waals surface area contributed by atoms with Gasteiger partial charge in [-0.3, -0.25) is 4.79 Å². The van der Waals surface area contributed by atoms with Crippen LogP contribution in [0.3, 0.4) is 0 Å². The van der Waals surface area contributed by atoms with Crippen molar-refractivity contribution in [3.8, 4) is 0 Å². The zero-order chi connectivity index (χ0) is 18.6. The number of halogens is 1. The molecule has 1 N–H and O–H groups in total. The van der Waals surface area contributed by atoms with Crippen LogP contribution in [-0.4, -0.2) is 31.7 Å². The third kappa shape index (κ3) is 4.11. The van der Waals surface area contributed by atoms with E-state index in [-0.39, 0.29) is 29.7 Å². The monoisotopic (exact) mass is 376 g/mol. The molecule has 1 saturated heterocycles. The van der Waals surface area contributed by atoms with Crippen LogP contribution in [0.15, 0.2) is 59.5 Å². The van der Waals surface area contributed by atoms with Crippen LogP contribution in [0, 0.1) is 11.7 Å². The highest BCUT2D eigenvalue weighted by atomic mass is 32.2. The van der Waals surface area contributed by atoms with Gasteiger partial charge in [-0.15, -0.1) is 0 Å². The smallest absolute Gasteiger partial charge is 0.243 e. The van der Waals surface area contributed by atoms with E-state index in [9.17, 15) is 17.6 Å². The Morgan fingerprint density at radius 1 is 1.12 bits per heavy atom. The van der Waals surface area contributed by atoms with E-state index in [0.717, 1.165) is 0 Å². The fraction of sp³-hybridized carbons (Fsp3) is 0.316. The van der Waals surface area contributed by atoms with Crippen LogP contribution in [0.5, 0.6) is 0 Å². The molecule has 1 aliphatic rings. The highest BCUT2D eigenvalue weighted by Crippen LogP contribution is 2.24. The Hall–Kier alpha value is -2.25. The number of carbonyl (C=O) groups excluding carboxylic acids is 1. The van der Waals surface area contributed by atoms with Crippen molar-refractivity contribution in [3.63, 3.8) is 0 Å². The first-order chi connectivity index (χ1) is 12.5. The average molecular weight is 376 g/mol. The molecule has 1 aliphatic heterocycles. The van der Waals surface area contributed by atoms with Crippen molar-refractivity contribution in [1.29, 1.82) is 0 Å². The topological polar surface area (TPSA) is 66.5 Å². The number of benzene rings is 2. The molecule has 7 heteroatoms. The summed E-state index contributed by atoms with van der Waals surface area (Å²) in [6, 6.07) is 14.5. The van der Waals surface area contributed by atoms with E-state index in [1.807, 2.05) is 0 Å². The normalized spacial score (nSPS) is 18.4. The molecule has 2 aromatic rings. The molecular weight excluding hydrogens is 355 g/mol. The van der Waals surface area contributed by atoms with Crippen molar-refractivity contribution < 1.29 is 17.6 Å². The molecule has 0 saturated carbocycles. The molecular formula is C19H21FN2O3S. The van der Waals surface area contributed by atoms with Crippen LogP contribution in [0.25, 0.3) is 0 Å². The highest BCUT2D eigenvalue weighted by molar-refractivity contribution is 7.89. The van der Waals surface area contributed by atoms with Gasteiger partial charge in [-0.25, -0.2) is 12.8 Å². The number of nitrogens with one attached hydrogen (secondary N) is 1. The molecule has 1 unspecified atom stereocenters. The lowest BCUT2D eigenvalue weighted by atomic mass is 9.98. The Morgan fingerprint density at radius 2 is 1.81 bits per heavy atom. The summed E-state index contributed by atoms with van der Waals surface area (Å²) in [6.45, 7) is 0.627. The molecule has 26 heavy (non-hydrogen) atoms. The lowest BCUT2D eigenvalue weighted by molar-refractivity contribution is -0.126. The van der Waals surface area contributed by atoms with Crippen molar-refractivity contribution in [1.82, 2.24) is 9.62 Å². The summed E-state index contributed by atoms with van der Waals surface area (Å²) < 4.78 is 40.5. The highest BCUT2D eigenvalue weighted by Gasteiger charge is 2.33. The van der Waals surface area contributed by atoms with Crippen molar-refractivity contribution in [2.75, 3.05) is 13.1 Å². The maximum absolute atomic E-state index is 13.6. The van der Waals surface area contributed by atoms with Crippen molar-refractivity contribution in [2.24, 2.45) is 5.92 Å². The number of hydrogen-bond acceptors (Lipinski definition) is 3. The summed E-state index contributed by atoms with van der Waals surface area (Å²) in [7, 11) is -3.61. The number of amides is 1. The molecule has 1 amide bonds. The van der Waals surface area contributed by atoms with E-state index in [2.05, 4.69) is 5.32 Å². The molecule has 1 atom stereocenters. The minimum Gasteiger partial charge on any atom is -0.352 e. The third-order valence-corrected chi connectivity index (χ3v) is 6.43. The standard InChI is InChI=1S/C19H21FN2O3S/c20-18-11-5-4-7-15(18)13-21-19(23)16-8-6-12-22(14-16)26(24,25)17-9-2-1-3-10-17/h1-5,7,9-11,16H,6,8,12-14H2,(H,21,23). The van der Waals surface area contributed by atoms with E-state index in [1.165, 1.54) is 10.4 Å². The van der Waals surface area contributed by atoms with Crippen LogP contribution >= 0.6 is 0 Å². The lowest BCUT2D eigenvalue weighted by Crippen LogP contribution is -2.45. The van der Waals surface area contributed by atoms with E-state index in [1.54, 1.807) is 48.5 Å². The van der Waals surface area contributed by atoms with Crippen LogP contribution in [0.4, 0.5) is 4.39 Å². The van der Waals surface area contributed by atoms with Crippen LogP contribution in [0.2, 0.25) is 0 Å². The second-order valence-corrected chi connectivity index (χ2v) is 8.26. The summed E-state index contributed by atoms with van der Waals surface area (Å²) in [5.74, 6) is -1.06. The van der Waals surface area contributed by atoms with E-state index >= 15 is 0 Å². The van der Waals surface area contributed by atoms with Gasteiger partial charge in [-0.2, -0.15) is 4.31 Å². The minimum absolute atomic E-state index is 0.0907. The average Bonchev–Trinajstić information content (AvgIpc) is 2.68. The van der Waals surface area contributed by atoms with E-state index < -0.39 is 15.9 Å². The Kier molecular flexibility index (Phi) is 5.68. The number of piperidine rings is 1. The molecule has 2 aromatic carbocycles. The Morgan fingerprint density at radius 3 is 2.54 bits per heavy atom. The van der Waals surface area contributed by atoms with Gasteiger partial charge in [0.2, 0.25) is 15.9 Å². The predicted molar refractivity (Wildman–Crippen MR) is 96.2 cm³/mol. The molecule has 138 valence electrons. The second kappa shape index (κ2) is 7.97. The third-order valence-electron chi connectivity index (χ3n) is 4.55. The first kappa shape index (κ1) is 18.5. The quantitative estimate of drug-likeness (QED) is 0.872. The molecule has 0 radical (unpaired) electrons. The van der Waals surface area contributed by atoms with Gasteiger partial charge >= 0.3 is 0 Å². The predicted octanol–water partition coefficient (Wildman–Crippen LogP) is 2.54. The fourth-order valence-electron chi connectivity index (χ4n) is 3.08. The Balaban J connectivity index is 1.65. The van der Waals surface area contributed by atoms with Crippen molar-refractivity contribution in [3.05, 3.63) is 66.0 Å². The molecule has 0 aliphatic carbocycles. The molecule has 0 bridgehead atoms. The Bertz CT molecular complexity index is 871.